The van der Waals surface area contributed by atoms with Crippen molar-refractivity contribution in [3.05, 3.63) is 81.8 Å². The molecule has 4 rings (SSSR count). The van der Waals surface area contributed by atoms with Crippen molar-refractivity contribution in [3.63, 3.8) is 0 Å². The van der Waals surface area contributed by atoms with E-state index in [1.165, 1.54) is 0 Å². The van der Waals surface area contributed by atoms with Crippen LogP contribution in [0.4, 0.5) is 11.4 Å². The van der Waals surface area contributed by atoms with Crippen molar-refractivity contribution in [3.8, 4) is 11.5 Å². The SMILES string of the molecule is Cc1ccc2c(c1)C(=Nc1ccc(Oc3ccc(Cl)cc3Cl)cc1)C(=O)N2. The molecule has 1 aliphatic heterocycles. The van der Waals surface area contributed by atoms with Crippen molar-refractivity contribution < 1.29 is 9.53 Å². The van der Waals surface area contributed by atoms with Gasteiger partial charge in [-0.25, -0.2) is 4.99 Å². The Morgan fingerprint density at radius 3 is 2.48 bits per heavy atom. The number of carbonyl (C=O) groups excluding carboxylic acids is 1. The van der Waals surface area contributed by atoms with Gasteiger partial charge in [0, 0.05) is 10.6 Å². The molecule has 0 spiro atoms. The van der Waals surface area contributed by atoms with E-state index in [9.17, 15) is 4.79 Å². The van der Waals surface area contributed by atoms with Gasteiger partial charge in [-0.3, -0.25) is 4.79 Å². The zero-order valence-corrected chi connectivity index (χ0v) is 15.8. The number of anilines is 1. The van der Waals surface area contributed by atoms with Crippen LogP contribution in [0.3, 0.4) is 0 Å². The van der Waals surface area contributed by atoms with E-state index in [0.29, 0.717) is 32.9 Å². The predicted molar refractivity (Wildman–Crippen MR) is 109 cm³/mol. The zero-order valence-electron chi connectivity index (χ0n) is 14.3. The van der Waals surface area contributed by atoms with Crippen molar-refractivity contribution in [2.45, 2.75) is 6.92 Å². The van der Waals surface area contributed by atoms with Crippen LogP contribution >= 0.6 is 23.2 Å². The summed E-state index contributed by atoms with van der Waals surface area (Å²) in [5, 5.41) is 3.81. The van der Waals surface area contributed by atoms with Crippen molar-refractivity contribution in [2.24, 2.45) is 4.99 Å². The summed E-state index contributed by atoms with van der Waals surface area (Å²) >= 11 is 12.0. The van der Waals surface area contributed by atoms with Gasteiger partial charge >= 0.3 is 0 Å². The molecule has 1 amide bonds. The first-order chi connectivity index (χ1) is 13.0. The molecule has 0 radical (unpaired) electrons. The molecule has 0 bridgehead atoms. The monoisotopic (exact) mass is 396 g/mol. The summed E-state index contributed by atoms with van der Waals surface area (Å²) < 4.78 is 5.76. The molecular formula is C21H14Cl2N2O2. The molecule has 0 aromatic heterocycles. The molecule has 1 aliphatic rings. The second-order valence-corrected chi connectivity index (χ2v) is 6.98. The van der Waals surface area contributed by atoms with E-state index in [2.05, 4.69) is 10.3 Å². The van der Waals surface area contributed by atoms with Gasteiger partial charge in [-0.1, -0.05) is 34.8 Å². The summed E-state index contributed by atoms with van der Waals surface area (Å²) in [7, 11) is 0. The number of hydrogen-bond donors (Lipinski definition) is 1. The molecule has 0 saturated carbocycles. The molecule has 6 heteroatoms. The second kappa shape index (κ2) is 7.06. The van der Waals surface area contributed by atoms with Gasteiger partial charge < -0.3 is 10.1 Å². The maximum Gasteiger partial charge on any atom is 0.275 e. The Kier molecular flexibility index (Phi) is 4.60. The Morgan fingerprint density at radius 2 is 1.74 bits per heavy atom. The van der Waals surface area contributed by atoms with Gasteiger partial charge in [-0.05, 0) is 61.5 Å². The van der Waals surface area contributed by atoms with Crippen LogP contribution < -0.4 is 10.1 Å². The van der Waals surface area contributed by atoms with Gasteiger partial charge in [0.25, 0.3) is 5.91 Å². The highest BCUT2D eigenvalue weighted by atomic mass is 35.5. The van der Waals surface area contributed by atoms with Crippen LogP contribution in [-0.2, 0) is 4.79 Å². The van der Waals surface area contributed by atoms with Crippen LogP contribution in [0.15, 0.2) is 65.7 Å². The first kappa shape index (κ1) is 17.6. The van der Waals surface area contributed by atoms with Gasteiger partial charge in [-0.15, -0.1) is 0 Å². The number of aliphatic imine (C=N–C) groups is 1. The average molecular weight is 397 g/mol. The summed E-state index contributed by atoms with van der Waals surface area (Å²) in [6, 6.07) is 17.9. The lowest BCUT2D eigenvalue weighted by molar-refractivity contribution is -0.110. The van der Waals surface area contributed by atoms with Crippen LogP contribution in [0.5, 0.6) is 11.5 Å². The third-order valence-corrected chi connectivity index (χ3v) is 4.62. The minimum Gasteiger partial charge on any atom is -0.456 e. The fourth-order valence-electron chi connectivity index (χ4n) is 2.78. The highest BCUT2D eigenvalue weighted by Gasteiger charge is 2.25. The van der Waals surface area contributed by atoms with Gasteiger partial charge in [0.2, 0.25) is 0 Å². The van der Waals surface area contributed by atoms with Crippen LogP contribution in [0.2, 0.25) is 10.0 Å². The van der Waals surface area contributed by atoms with Crippen molar-refractivity contribution in [2.75, 3.05) is 5.32 Å². The highest BCUT2D eigenvalue weighted by molar-refractivity contribution is 6.54. The van der Waals surface area contributed by atoms with Crippen molar-refractivity contribution >= 4 is 46.2 Å². The summed E-state index contributed by atoms with van der Waals surface area (Å²) in [5.41, 5.74) is 3.73. The Hall–Kier alpha value is -2.82. The Balaban J connectivity index is 1.59. The Bertz CT molecular complexity index is 1080. The van der Waals surface area contributed by atoms with E-state index in [4.69, 9.17) is 27.9 Å². The minimum atomic E-state index is -0.205. The van der Waals surface area contributed by atoms with Crippen LogP contribution in [0, 0.1) is 6.92 Å². The zero-order chi connectivity index (χ0) is 19.0. The Labute approximate surface area is 166 Å². The largest absolute Gasteiger partial charge is 0.456 e. The molecule has 27 heavy (non-hydrogen) atoms. The number of amides is 1. The van der Waals surface area contributed by atoms with Crippen LogP contribution in [-0.4, -0.2) is 11.6 Å². The molecule has 4 nitrogen and oxygen atoms in total. The summed E-state index contributed by atoms with van der Waals surface area (Å²) in [4.78, 5) is 16.7. The van der Waals surface area contributed by atoms with E-state index in [-0.39, 0.29) is 5.91 Å². The molecule has 1 N–H and O–H groups in total. The number of hydrogen-bond acceptors (Lipinski definition) is 3. The number of aryl methyl sites for hydroxylation is 1. The van der Waals surface area contributed by atoms with Crippen LogP contribution in [0.1, 0.15) is 11.1 Å². The molecule has 3 aromatic rings. The predicted octanol–water partition coefficient (Wildman–Crippen LogP) is 6.17. The normalized spacial score (nSPS) is 14.2. The third kappa shape index (κ3) is 3.68. The molecule has 0 atom stereocenters. The second-order valence-electron chi connectivity index (χ2n) is 6.13. The lowest BCUT2D eigenvalue weighted by atomic mass is 10.1. The van der Waals surface area contributed by atoms with E-state index >= 15 is 0 Å². The number of benzene rings is 3. The van der Waals surface area contributed by atoms with E-state index in [1.807, 2.05) is 25.1 Å². The molecule has 0 saturated heterocycles. The van der Waals surface area contributed by atoms with Gasteiger partial charge in [0.05, 0.1) is 16.4 Å². The lowest BCUT2D eigenvalue weighted by Gasteiger charge is -2.08. The van der Waals surface area contributed by atoms with Gasteiger partial charge in [-0.2, -0.15) is 0 Å². The Morgan fingerprint density at radius 1 is 0.963 bits per heavy atom. The standard InChI is InChI=1S/C21H14Cl2N2O2/c1-12-2-8-18-16(10-12)20(21(26)25-18)24-14-4-6-15(7-5-14)27-19-9-3-13(22)11-17(19)23/h2-11H,1H3,(H,24,25,26). The molecular weight excluding hydrogens is 383 g/mol. The minimum absolute atomic E-state index is 0.205. The van der Waals surface area contributed by atoms with Crippen molar-refractivity contribution in [1.29, 1.82) is 0 Å². The van der Waals surface area contributed by atoms with Crippen LogP contribution in [0.25, 0.3) is 0 Å². The number of rotatable bonds is 3. The third-order valence-electron chi connectivity index (χ3n) is 4.09. The first-order valence-corrected chi connectivity index (χ1v) is 8.99. The van der Waals surface area contributed by atoms with E-state index in [1.54, 1.807) is 42.5 Å². The van der Waals surface area contributed by atoms with Gasteiger partial charge in [0.15, 0.2) is 0 Å². The lowest BCUT2D eigenvalue weighted by Crippen LogP contribution is -2.13. The maximum atomic E-state index is 12.2. The summed E-state index contributed by atoms with van der Waals surface area (Å²) in [6.45, 7) is 1.98. The molecule has 0 aliphatic carbocycles. The number of nitrogens with one attached hydrogen (secondary N) is 1. The van der Waals surface area contributed by atoms with E-state index < -0.39 is 0 Å². The first-order valence-electron chi connectivity index (χ1n) is 8.23. The fraction of sp³-hybridized carbons (Fsp3) is 0.0476. The number of fused-ring (bicyclic) bond motifs is 1. The van der Waals surface area contributed by atoms with Gasteiger partial charge in [0.1, 0.15) is 17.2 Å². The highest BCUT2D eigenvalue weighted by Crippen LogP contribution is 2.33. The number of nitrogens with zero attached hydrogens (tertiary/aromatic N) is 1. The summed E-state index contributed by atoms with van der Waals surface area (Å²) in [6.07, 6.45) is 0. The topological polar surface area (TPSA) is 50.7 Å². The molecule has 0 unspecified atom stereocenters. The van der Waals surface area contributed by atoms with Crippen molar-refractivity contribution in [1.82, 2.24) is 0 Å². The number of carbonyl (C=O) groups is 1. The average Bonchev–Trinajstić information content (AvgIpc) is 2.94. The molecule has 134 valence electrons. The number of halogens is 2. The fourth-order valence-corrected chi connectivity index (χ4v) is 3.23. The summed E-state index contributed by atoms with van der Waals surface area (Å²) in [5.74, 6) is 0.916. The molecule has 3 aromatic carbocycles. The smallest absolute Gasteiger partial charge is 0.275 e. The molecule has 1 heterocycles. The molecule has 0 fully saturated rings. The van der Waals surface area contributed by atoms with E-state index in [0.717, 1.165) is 16.8 Å². The number of ether oxygens (including phenoxy) is 1. The maximum absolute atomic E-state index is 12.2. The quantitative estimate of drug-likeness (QED) is 0.575.